The number of hydrazine groups is 1. The predicted octanol–water partition coefficient (Wildman–Crippen LogP) is 3.21. The lowest BCUT2D eigenvalue weighted by molar-refractivity contribution is 0.0929. The van der Waals surface area contributed by atoms with Gasteiger partial charge in [0.05, 0.1) is 24.3 Å². The Morgan fingerprint density at radius 1 is 0.935 bits per heavy atom. The van der Waals surface area contributed by atoms with Crippen LogP contribution in [0.4, 0.5) is 0 Å². The van der Waals surface area contributed by atoms with Crippen LogP contribution in [-0.2, 0) is 4.74 Å². The number of amides is 2. The molecule has 0 aromatic heterocycles. The molecule has 8 nitrogen and oxygen atoms in total. The van der Waals surface area contributed by atoms with Gasteiger partial charge in [0, 0.05) is 11.6 Å². The zero-order valence-corrected chi connectivity index (χ0v) is 19.6. The highest BCUT2D eigenvalue weighted by Gasteiger charge is 2.16. The summed E-state index contributed by atoms with van der Waals surface area (Å²) in [6.45, 7) is 3.14. The van der Waals surface area contributed by atoms with Crippen molar-refractivity contribution in [3.05, 3.63) is 58.1 Å². The molecule has 0 radical (unpaired) electrons. The standard InChI is InChI=1S/C21H24BrN3O5S/c1-3-10-29-17-7-5-4-6-15(17)20(27)24-25-21(31)23-19(26)16-13-14(22)8-9-18(16)30-12-11-28-2/h4-9,13H,3,10-12H2,1-2H3,(H,24,27)(H2,23,25,26,31). The molecule has 0 spiro atoms. The molecule has 2 aromatic rings. The molecular weight excluding hydrogens is 486 g/mol. The Labute approximate surface area is 194 Å². The van der Waals surface area contributed by atoms with Crippen LogP contribution in [0.5, 0.6) is 11.5 Å². The van der Waals surface area contributed by atoms with Crippen molar-refractivity contribution in [1.82, 2.24) is 16.2 Å². The lowest BCUT2D eigenvalue weighted by atomic mass is 10.2. The summed E-state index contributed by atoms with van der Waals surface area (Å²) in [5.41, 5.74) is 5.60. The number of ether oxygens (including phenoxy) is 3. The van der Waals surface area contributed by atoms with Gasteiger partial charge in [-0.3, -0.25) is 25.8 Å². The average Bonchev–Trinajstić information content (AvgIpc) is 2.77. The number of para-hydroxylation sites is 1. The van der Waals surface area contributed by atoms with Crippen molar-refractivity contribution < 1.29 is 23.8 Å². The molecule has 2 rings (SSSR count). The molecule has 0 aliphatic rings. The van der Waals surface area contributed by atoms with E-state index in [1.54, 1.807) is 49.6 Å². The van der Waals surface area contributed by atoms with E-state index in [9.17, 15) is 9.59 Å². The van der Waals surface area contributed by atoms with E-state index in [1.165, 1.54) is 0 Å². The van der Waals surface area contributed by atoms with Crippen LogP contribution in [0.3, 0.4) is 0 Å². The number of hydrogen-bond donors (Lipinski definition) is 3. The van der Waals surface area contributed by atoms with Crippen LogP contribution in [0, 0.1) is 0 Å². The van der Waals surface area contributed by atoms with Gasteiger partial charge < -0.3 is 14.2 Å². The van der Waals surface area contributed by atoms with Crippen LogP contribution in [0.25, 0.3) is 0 Å². The molecule has 10 heteroatoms. The number of carbonyl (C=O) groups is 2. The van der Waals surface area contributed by atoms with Crippen molar-refractivity contribution in [2.24, 2.45) is 0 Å². The van der Waals surface area contributed by atoms with Gasteiger partial charge in [0.1, 0.15) is 18.1 Å². The van der Waals surface area contributed by atoms with Gasteiger partial charge >= 0.3 is 0 Å². The minimum Gasteiger partial charge on any atom is -0.493 e. The first-order valence-electron chi connectivity index (χ1n) is 9.51. The summed E-state index contributed by atoms with van der Waals surface area (Å²) in [7, 11) is 1.56. The fourth-order valence-corrected chi connectivity index (χ4v) is 2.92. The second-order valence-electron chi connectivity index (χ2n) is 6.19. The van der Waals surface area contributed by atoms with E-state index in [1.807, 2.05) is 6.92 Å². The van der Waals surface area contributed by atoms with E-state index in [-0.39, 0.29) is 17.3 Å². The Morgan fingerprint density at radius 2 is 1.65 bits per heavy atom. The zero-order valence-electron chi connectivity index (χ0n) is 17.2. The molecule has 0 atom stereocenters. The van der Waals surface area contributed by atoms with Crippen LogP contribution in [0.15, 0.2) is 46.9 Å². The van der Waals surface area contributed by atoms with Crippen LogP contribution in [-0.4, -0.2) is 43.9 Å². The number of methoxy groups -OCH3 is 1. The van der Waals surface area contributed by atoms with Crippen molar-refractivity contribution in [2.45, 2.75) is 13.3 Å². The summed E-state index contributed by atoms with van der Waals surface area (Å²) in [5, 5.41) is 2.44. The summed E-state index contributed by atoms with van der Waals surface area (Å²) in [4.78, 5) is 25.1. The lowest BCUT2D eigenvalue weighted by Gasteiger charge is -2.15. The zero-order chi connectivity index (χ0) is 22.6. The summed E-state index contributed by atoms with van der Waals surface area (Å²) < 4.78 is 16.8. The highest BCUT2D eigenvalue weighted by Crippen LogP contribution is 2.23. The molecule has 0 aliphatic carbocycles. The van der Waals surface area contributed by atoms with Gasteiger partial charge in [0.2, 0.25) is 0 Å². The molecule has 31 heavy (non-hydrogen) atoms. The highest BCUT2D eigenvalue weighted by atomic mass is 79.9. The molecule has 3 N–H and O–H groups in total. The van der Waals surface area contributed by atoms with E-state index in [0.717, 1.165) is 6.42 Å². The summed E-state index contributed by atoms with van der Waals surface area (Å²) in [6.07, 6.45) is 0.817. The molecule has 2 aromatic carbocycles. The van der Waals surface area contributed by atoms with E-state index in [2.05, 4.69) is 32.1 Å². The summed E-state index contributed by atoms with van der Waals surface area (Å²) >= 11 is 8.46. The third-order valence-corrected chi connectivity index (χ3v) is 4.54. The normalized spacial score (nSPS) is 10.2. The Morgan fingerprint density at radius 3 is 2.39 bits per heavy atom. The van der Waals surface area contributed by atoms with Gasteiger partial charge in [0.15, 0.2) is 5.11 Å². The first-order chi connectivity index (χ1) is 15.0. The first kappa shape index (κ1) is 24.6. The molecule has 166 valence electrons. The van der Waals surface area contributed by atoms with E-state index in [4.69, 9.17) is 26.4 Å². The molecule has 0 aliphatic heterocycles. The maximum absolute atomic E-state index is 12.6. The van der Waals surface area contributed by atoms with Gasteiger partial charge in [-0.1, -0.05) is 35.0 Å². The molecule has 2 amide bonds. The molecule has 0 saturated carbocycles. The topological polar surface area (TPSA) is 97.9 Å². The summed E-state index contributed by atoms with van der Waals surface area (Å²) in [5.74, 6) is -0.0985. The van der Waals surface area contributed by atoms with Gasteiger partial charge in [-0.25, -0.2) is 0 Å². The Kier molecular flexibility index (Phi) is 10.2. The van der Waals surface area contributed by atoms with Crippen molar-refractivity contribution in [2.75, 3.05) is 26.9 Å². The van der Waals surface area contributed by atoms with E-state index < -0.39 is 11.8 Å². The number of carbonyl (C=O) groups excluding carboxylic acids is 2. The smallest absolute Gasteiger partial charge is 0.273 e. The average molecular weight is 510 g/mol. The van der Waals surface area contributed by atoms with Crippen LogP contribution < -0.4 is 25.6 Å². The molecule has 0 fully saturated rings. The fraction of sp³-hybridized carbons (Fsp3) is 0.286. The number of nitrogens with one attached hydrogen (secondary N) is 3. The lowest BCUT2D eigenvalue weighted by Crippen LogP contribution is -2.48. The van der Waals surface area contributed by atoms with Gasteiger partial charge in [-0.15, -0.1) is 0 Å². The fourth-order valence-electron chi connectivity index (χ4n) is 2.42. The Balaban J connectivity index is 1.97. The molecule has 0 bridgehead atoms. The number of benzene rings is 2. The van der Waals surface area contributed by atoms with E-state index >= 15 is 0 Å². The second-order valence-corrected chi connectivity index (χ2v) is 7.51. The van der Waals surface area contributed by atoms with Gasteiger partial charge in [-0.05, 0) is 49.0 Å². The van der Waals surface area contributed by atoms with E-state index in [0.29, 0.717) is 34.7 Å². The predicted molar refractivity (Wildman–Crippen MR) is 124 cm³/mol. The third-order valence-electron chi connectivity index (χ3n) is 3.84. The number of hydrogen-bond acceptors (Lipinski definition) is 6. The maximum Gasteiger partial charge on any atom is 0.273 e. The second kappa shape index (κ2) is 12.9. The largest absolute Gasteiger partial charge is 0.493 e. The van der Waals surface area contributed by atoms with Crippen molar-refractivity contribution in [3.8, 4) is 11.5 Å². The van der Waals surface area contributed by atoms with Gasteiger partial charge in [0.25, 0.3) is 11.8 Å². The maximum atomic E-state index is 12.6. The van der Waals surface area contributed by atoms with Crippen LogP contribution >= 0.6 is 28.1 Å². The van der Waals surface area contributed by atoms with Crippen LogP contribution in [0.1, 0.15) is 34.1 Å². The molecule has 0 saturated heterocycles. The Hall–Kier alpha value is -2.69. The first-order valence-corrected chi connectivity index (χ1v) is 10.7. The van der Waals surface area contributed by atoms with Crippen molar-refractivity contribution in [3.63, 3.8) is 0 Å². The SMILES string of the molecule is CCCOc1ccccc1C(=O)NNC(=S)NC(=O)c1cc(Br)ccc1OCCOC. The number of halogens is 1. The van der Waals surface area contributed by atoms with Crippen molar-refractivity contribution >= 4 is 45.1 Å². The summed E-state index contributed by atoms with van der Waals surface area (Å²) in [6, 6.07) is 11.9. The molecule has 0 unspecified atom stereocenters. The third kappa shape index (κ3) is 7.82. The number of rotatable bonds is 9. The van der Waals surface area contributed by atoms with Crippen molar-refractivity contribution in [1.29, 1.82) is 0 Å². The quantitative estimate of drug-likeness (QED) is 0.271. The minimum atomic E-state index is -0.493. The molecular formula is C21H24BrN3O5S. The Bertz CT molecular complexity index is 926. The van der Waals surface area contributed by atoms with Gasteiger partial charge in [-0.2, -0.15) is 0 Å². The monoisotopic (exact) mass is 509 g/mol. The van der Waals surface area contributed by atoms with Crippen LogP contribution in [0.2, 0.25) is 0 Å². The number of thiocarbonyl (C=S) groups is 1. The minimum absolute atomic E-state index is 0.0758. The molecule has 0 heterocycles. The highest BCUT2D eigenvalue weighted by molar-refractivity contribution is 9.10.